The summed E-state index contributed by atoms with van der Waals surface area (Å²) in [4.78, 5) is 33.4. The van der Waals surface area contributed by atoms with Crippen LogP contribution in [0, 0.1) is 11.8 Å². The zero-order valence-corrected chi connectivity index (χ0v) is 21.6. The number of pyridine rings is 1. The molecule has 1 aliphatic carbocycles. The number of hydrogen-bond acceptors (Lipinski definition) is 4. The predicted molar refractivity (Wildman–Crippen MR) is 138 cm³/mol. The highest BCUT2D eigenvalue weighted by atomic mass is 19.1. The van der Waals surface area contributed by atoms with Crippen molar-refractivity contribution in [1.82, 2.24) is 24.6 Å². The summed E-state index contributed by atoms with van der Waals surface area (Å²) in [5, 5.41) is 4.76. The second-order valence-corrected chi connectivity index (χ2v) is 10.2. The van der Waals surface area contributed by atoms with Gasteiger partial charge in [-0.1, -0.05) is 32.9 Å². The number of carbonyl (C=O) groups is 2. The molecule has 0 spiro atoms. The van der Waals surface area contributed by atoms with Gasteiger partial charge >= 0.3 is 0 Å². The summed E-state index contributed by atoms with van der Waals surface area (Å²) in [5.74, 6) is -0.0496. The zero-order valence-electron chi connectivity index (χ0n) is 21.6. The molecule has 2 unspecified atom stereocenters. The van der Waals surface area contributed by atoms with Gasteiger partial charge in [-0.15, -0.1) is 0 Å². The number of aromatic nitrogens is 3. The van der Waals surface area contributed by atoms with Crippen LogP contribution in [0.25, 0.3) is 11.3 Å². The van der Waals surface area contributed by atoms with Crippen molar-refractivity contribution in [2.45, 2.75) is 58.8 Å². The minimum atomic E-state index is -0.967. The number of allylic oxidation sites excluding steroid dienone is 4. The van der Waals surface area contributed by atoms with Crippen molar-refractivity contribution in [3.8, 4) is 11.3 Å². The van der Waals surface area contributed by atoms with Crippen LogP contribution in [0.5, 0.6) is 0 Å². The van der Waals surface area contributed by atoms with E-state index in [0.29, 0.717) is 19.5 Å². The summed E-state index contributed by atoms with van der Waals surface area (Å²) in [6.45, 7) is 7.08. The number of halogens is 1. The number of alkyl halides is 1. The molecule has 1 fully saturated rings. The molecule has 1 saturated heterocycles. The minimum Gasteiger partial charge on any atom is -0.342 e. The predicted octanol–water partition coefficient (Wildman–Crippen LogP) is 4.06. The van der Waals surface area contributed by atoms with Gasteiger partial charge in [-0.05, 0) is 42.7 Å². The Morgan fingerprint density at radius 2 is 1.89 bits per heavy atom. The summed E-state index contributed by atoms with van der Waals surface area (Å²) >= 11 is 0. The van der Waals surface area contributed by atoms with E-state index in [-0.39, 0.29) is 36.2 Å². The van der Waals surface area contributed by atoms with Gasteiger partial charge in [0.1, 0.15) is 12.7 Å². The molecule has 7 nitrogen and oxygen atoms in total. The first kappa shape index (κ1) is 25.8. The van der Waals surface area contributed by atoms with E-state index in [1.54, 1.807) is 23.2 Å². The van der Waals surface area contributed by atoms with Crippen LogP contribution in [0.3, 0.4) is 0 Å². The Hall–Kier alpha value is -3.29. The Kier molecular flexibility index (Phi) is 8.01. The molecule has 3 heterocycles. The number of amides is 2. The van der Waals surface area contributed by atoms with Crippen LogP contribution < -0.4 is 0 Å². The summed E-state index contributed by atoms with van der Waals surface area (Å²) < 4.78 is 15.7. The van der Waals surface area contributed by atoms with Crippen molar-refractivity contribution < 1.29 is 14.0 Å². The molecule has 36 heavy (non-hydrogen) atoms. The minimum absolute atomic E-state index is 0.0160. The average molecular weight is 494 g/mol. The van der Waals surface area contributed by atoms with Crippen molar-refractivity contribution >= 4 is 11.8 Å². The molecule has 0 radical (unpaired) electrons. The zero-order chi connectivity index (χ0) is 25.8. The number of rotatable bonds is 7. The Bertz CT molecular complexity index is 1130. The van der Waals surface area contributed by atoms with E-state index < -0.39 is 6.17 Å². The Balaban J connectivity index is 1.47. The maximum atomic E-state index is 13.9. The van der Waals surface area contributed by atoms with E-state index in [9.17, 15) is 14.0 Å². The van der Waals surface area contributed by atoms with E-state index in [2.05, 4.69) is 4.98 Å². The van der Waals surface area contributed by atoms with Gasteiger partial charge in [-0.3, -0.25) is 19.3 Å². The lowest BCUT2D eigenvalue weighted by atomic mass is 9.94. The highest BCUT2D eigenvalue weighted by Gasteiger charge is 2.29. The van der Waals surface area contributed by atoms with E-state index in [1.807, 2.05) is 68.0 Å². The van der Waals surface area contributed by atoms with Crippen LogP contribution in [0.2, 0.25) is 0 Å². The molecular weight excluding hydrogens is 457 g/mol. The molecule has 2 amide bonds. The third kappa shape index (κ3) is 5.91. The molecule has 0 saturated carbocycles. The molecule has 0 N–H and O–H groups in total. The summed E-state index contributed by atoms with van der Waals surface area (Å²) in [6.07, 6.45) is 9.98. The van der Waals surface area contributed by atoms with Crippen LogP contribution >= 0.6 is 0 Å². The highest BCUT2D eigenvalue weighted by molar-refractivity contribution is 5.78. The normalized spacial score (nSPS) is 20.5. The molecule has 192 valence electrons. The largest absolute Gasteiger partial charge is 0.342 e. The van der Waals surface area contributed by atoms with Gasteiger partial charge in [0.15, 0.2) is 0 Å². The lowest BCUT2D eigenvalue weighted by Gasteiger charge is -2.37. The van der Waals surface area contributed by atoms with Crippen molar-refractivity contribution in [3.05, 3.63) is 60.1 Å². The first-order valence-electron chi connectivity index (χ1n) is 12.8. The molecule has 0 aromatic carbocycles. The van der Waals surface area contributed by atoms with E-state index >= 15 is 0 Å². The van der Waals surface area contributed by atoms with Gasteiger partial charge in [-0.2, -0.15) is 5.10 Å². The molecule has 8 heteroatoms. The van der Waals surface area contributed by atoms with Crippen LogP contribution in [-0.4, -0.2) is 68.7 Å². The first-order valence-corrected chi connectivity index (χ1v) is 12.8. The number of hydrogen-bond donors (Lipinski definition) is 0. The van der Waals surface area contributed by atoms with Crippen molar-refractivity contribution in [3.63, 3.8) is 0 Å². The molecule has 0 bridgehead atoms. The van der Waals surface area contributed by atoms with Gasteiger partial charge in [0, 0.05) is 68.1 Å². The van der Waals surface area contributed by atoms with Gasteiger partial charge in [-0.25, -0.2) is 4.39 Å². The lowest BCUT2D eigenvalue weighted by molar-refractivity contribution is -0.138. The maximum absolute atomic E-state index is 13.9. The van der Waals surface area contributed by atoms with Gasteiger partial charge in [0.25, 0.3) is 0 Å². The fourth-order valence-corrected chi connectivity index (χ4v) is 4.92. The molecule has 4 rings (SSSR count). The maximum Gasteiger partial charge on any atom is 0.244 e. The molecule has 2 aromatic heterocycles. The third-order valence-electron chi connectivity index (χ3n) is 7.19. The topological polar surface area (TPSA) is 71.3 Å². The number of piperidine rings is 1. The molecule has 2 aliphatic rings. The van der Waals surface area contributed by atoms with Crippen LogP contribution in [0.15, 0.2) is 54.4 Å². The van der Waals surface area contributed by atoms with Crippen LogP contribution in [0.1, 0.15) is 39.3 Å². The molecule has 2 aromatic rings. The Morgan fingerprint density at radius 1 is 1.19 bits per heavy atom. The van der Waals surface area contributed by atoms with Crippen LogP contribution in [0.4, 0.5) is 4.39 Å². The number of carbonyl (C=O) groups excluding carboxylic acids is 2. The Morgan fingerprint density at radius 3 is 2.53 bits per heavy atom. The van der Waals surface area contributed by atoms with Gasteiger partial charge in [0.05, 0.1) is 5.69 Å². The average Bonchev–Trinajstić information content (AvgIpc) is 3.27. The SMILES string of the molecule is CC(C)C(=O)N(C)C1CCN(C(=O)Cn2nc(-c3ccncc3)cc2CC2=CC(C)C(F)C=C2)CC1. The molecule has 1 aliphatic heterocycles. The standard InChI is InChI=1S/C28H36FN5O2/c1-19(2)28(36)32(4)23-9-13-33(14-10-23)27(35)18-34-24(16-21-5-6-25(29)20(3)15-21)17-26(31-34)22-7-11-30-12-8-22/h5-8,11-12,15,17,19-20,23,25H,9-10,13-14,16,18H2,1-4H3. The second-order valence-electron chi connectivity index (χ2n) is 10.2. The first-order chi connectivity index (χ1) is 17.2. The van der Waals surface area contributed by atoms with Gasteiger partial charge in [0.2, 0.25) is 11.8 Å². The quantitative estimate of drug-likeness (QED) is 0.583. The third-order valence-corrected chi connectivity index (χ3v) is 7.19. The molecular formula is C28H36FN5O2. The fourth-order valence-electron chi connectivity index (χ4n) is 4.92. The van der Waals surface area contributed by atoms with Crippen molar-refractivity contribution in [2.24, 2.45) is 11.8 Å². The molecule has 2 atom stereocenters. The number of nitrogens with zero attached hydrogens (tertiary/aromatic N) is 5. The summed E-state index contributed by atoms with van der Waals surface area (Å²) in [5.41, 5.74) is 3.64. The van der Waals surface area contributed by atoms with E-state index in [0.717, 1.165) is 35.4 Å². The van der Waals surface area contributed by atoms with E-state index in [1.165, 1.54) is 0 Å². The second kappa shape index (κ2) is 11.2. The Labute approximate surface area is 212 Å². The van der Waals surface area contributed by atoms with Crippen molar-refractivity contribution in [2.75, 3.05) is 20.1 Å². The van der Waals surface area contributed by atoms with Crippen molar-refractivity contribution in [1.29, 1.82) is 0 Å². The summed E-state index contributed by atoms with van der Waals surface area (Å²) in [6, 6.07) is 5.96. The fraction of sp³-hybridized carbons (Fsp3) is 0.500. The summed E-state index contributed by atoms with van der Waals surface area (Å²) in [7, 11) is 1.86. The highest BCUT2D eigenvalue weighted by Crippen LogP contribution is 2.25. The monoisotopic (exact) mass is 493 g/mol. The van der Waals surface area contributed by atoms with Crippen LogP contribution in [-0.2, 0) is 22.6 Å². The lowest BCUT2D eigenvalue weighted by Crippen LogP contribution is -2.48. The smallest absolute Gasteiger partial charge is 0.244 e. The van der Waals surface area contributed by atoms with Gasteiger partial charge < -0.3 is 9.80 Å². The van der Waals surface area contributed by atoms with E-state index in [4.69, 9.17) is 5.10 Å². The number of likely N-dealkylation sites (tertiary alicyclic amines) is 1.